The van der Waals surface area contributed by atoms with Crippen LogP contribution in [0.4, 0.5) is 0 Å². The van der Waals surface area contributed by atoms with E-state index in [2.05, 4.69) is 0 Å². The summed E-state index contributed by atoms with van der Waals surface area (Å²) in [5.41, 5.74) is -16.2. The lowest BCUT2D eigenvalue weighted by Gasteiger charge is -2.20. The van der Waals surface area contributed by atoms with Crippen molar-refractivity contribution in [2.24, 2.45) is 0 Å². The molecule has 0 heteroatoms. The van der Waals surface area contributed by atoms with E-state index in [-0.39, 0.29) is 0 Å². The summed E-state index contributed by atoms with van der Waals surface area (Å²) in [6, 6.07) is -78.4. The maximum absolute atomic E-state index is 9.96. The van der Waals surface area contributed by atoms with Gasteiger partial charge in [-0.25, -0.2) is 0 Å². The molecule has 0 aromatic heterocycles. The Balaban J connectivity index is 0.000000159. The normalized spacial score (nSPS) is 20.6. The number of hydrogen-bond acceptors (Lipinski definition) is 0. The summed E-state index contributed by atoms with van der Waals surface area (Å²) in [7, 11) is 0. The average molecular weight is 1680 g/mol. The molecule has 126 heavy (non-hydrogen) atoms. The first kappa shape index (κ1) is 28.3. The molecule has 0 fully saturated rings. The SMILES string of the molecule is [2H]c1c([2H])c(-c2c3c([2H])c([2H])c([2H])c([2H])c3c(-c3c([2H])c([2H])c4c([2H])c([2H])c([2H])c([2H])c4c3[2H])c3c([2H])c([2H])c([2H])c([2H])c23)c([2H])c(-c2c([2H])c3c([2H])c([2H])c([2H])c([2H])c3c3c([2H])c([2H])c([2H])c([2H])c23)c1[2H].[2H]c1c([2H])c(-c2c3c([2H])c([2H])c([2H])c([2H])c3c(-c3c([2H])c([2H])c4c([2H])c([2H])c([2H])c([2H])c4c3[2H])c3c([2H])c([2H])c([2H])c([2H])c23)c([2H])c([2H])c1-c1c([2H])c([2H])c([2H])c2c([2H])c([2H])c([2H])c([2H])c12.[2H]c1c([2H])c([2H])c(-c2c([2H])c([2H])c(-c3c([2H])c([2H])c([2H])c([2H])c3-c3c4c([2H])c([2H])c([2H])c([2H])c4c(-c4c([2H])c([2H])c5c([2H])c([2H])c([2H])c([2H])c5c4[2H])c4c([2H])c([2H])c([2H])c([2H])c34)c([2H])c2[2H])c([2H])c1[2H]. The van der Waals surface area contributed by atoms with Crippen LogP contribution in [0.15, 0.2) is 495 Å². The third kappa shape index (κ3) is 13.4. The summed E-state index contributed by atoms with van der Waals surface area (Å²) in [6.07, 6.45) is 0. The molecule has 0 bridgehead atoms. The van der Waals surface area contributed by atoms with Gasteiger partial charge in [0.15, 0.2) is 0 Å². The van der Waals surface area contributed by atoms with Gasteiger partial charge >= 0.3 is 0 Å². The molecule has 0 unspecified atom stereocenters. The lowest BCUT2D eigenvalue weighted by atomic mass is 9.83. The zero-order valence-corrected chi connectivity index (χ0v) is 63.0. The number of hydrogen-bond donors (Lipinski definition) is 0. The van der Waals surface area contributed by atoms with Crippen LogP contribution in [-0.2, 0) is 0 Å². The molecular weight excluding hydrogens is 1510 g/mol. The van der Waals surface area contributed by atoms with E-state index in [0.717, 1.165) is 0 Å². The van der Waals surface area contributed by atoms with E-state index in [1.54, 1.807) is 0 Å². The molecule has 0 nitrogen and oxygen atoms in total. The van der Waals surface area contributed by atoms with Crippen molar-refractivity contribution in [1.29, 1.82) is 0 Å². The molecule has 586 valence electrons. The number of fused-ring (bicyclic) bond motifs is 13. The van der Waals surface area contributed by atoms with Crippen LogP contribution >= 0.6 is 0 Å². The largest absolute Gasteiger partial charge is 0.0636 e. The Labute approximate surface area is 848 Å². The molecule has 0 saturated carbocycles. The first-order chi connectivity index (χ1) is 96.7. The van der Waals surface area contributed by atoms with Gasteiger partial charge in [-0.2, -0.15) is 0 Å². The Morgan fingerprint density at radius 1 is 0.0952 bits per heavy atom. The van der Waals surface area contributed by atoms with Crippen molar-refractivity contribution in [3.63, 3.8) is 0 Å². The van der Waals surface area contributed by atoms with Crippen LogP contribution in [0.3, 0.4) is 0 Å². The predicted molar refractivity (Wildman–Crippen MR) is 544 cm³/mol. The second-order valence-corrected chi connectivity index (χ2v) is 26.8. The topological polar surface area (TPSA) is 0 Å². The lowest BCUT2D eigenvalue weighted by molar-refractivity contribution is 1.58. The molecule has 0 amide bonds. The molecule has 0 aliphatic carbocycles. The Bertz CT molecular complexity index is 13600. The van der Waals surface area contributed by atoms with Gasteiger partial charge < -0.3 is 0 Å². The monoisotopic (exact) mass is 1680 g/mol. The third-order valence-electron chi connectivity index (χ3n) is 19.9. The zero-order valence-electron chi connectivity index (χ0n) is 145. The average Bonchev–Trinajstić information content (AvgIpc) is 0.684. The Hall–Kier alpha value is -16.4. The van der Waals surface area contributed by atoms with E-state index in [0.29, 0.717) is 0 Å². The summed E-state index contributed by atoms with van der Waals surface area (Å²) in [4.78, 5) is 0. The molecule has 0 heterocycles. The Morgan fingerprint density at radius 2 is 0.349 bits per heavy atom. The minimum Gasteiger partial charge on any atom is -0.0622 e. The van der Waals surface area contributed by atoms with E-state index in [4.69, 9.17) is 69.9 Å². The van der Waals surface area contributed by atoms with Gasteiger partial charge in [0.25, 0.3) is 0 Å². The van der Waals surface area contributed by atoms with Crippen molar-refractivity contribution in [2.45, 2.75) is 0 Å². The zero-order chi connectivity index (χ0) is 155. The van der Waals surface area contributed by atoms with Crippen LogP contribution in [0, 0.1) is 0 Å². The van der Waals surface area contributed by atoms with E-state index in [9.17, 15) is 42.5 Å². The van der Waals surface area contributed by atoms with Gasteiger partial charge in [-0.15, -0.1) is 0 Å². The summed E-state index contributed by atoms with van der Waals surface area (Å²) in [5, 5.41) is -16.4. The first-order valence-corrected chi connectivity index (χ1v) is 37.0. The molecule has 25 aromatic carbocycles. The highest BCUT2D eigenvalue weighted by atomic mass is 14.3. The molecule has 0 radical (unpaired) electrons. The van der Waals surface area contributed by atoms with E-state index < -0.39 is 736 Å². The molecular formula is C126H82. The summed E-state index contributed by atoms with van der Waals surface area (Å²) in [6.45, 7) is 0. The summed E-state index contributed by atoms with van der Waals surface area (Å²) < 4.78 is 731. The minimum atomic E-state index is -1.12. The molecule has 25 aromatic rings. The van der Waals surface area contributed by atoms with E-state index >= 15 is 0 Å². The van der Waals surface area contributed by atoms with Crippen molar-refractivity contribution in [1.82, 2.24) is 0 Å². The predicted octanol–water partition coefficient (Wildman–Crippen LogP) is 35.6. The first-order valence-electron chi connectivity index (χ1n) is 78.0. The highest BCUT2D eigenvalue weighted by Gasteiger charge is 2.23. The van der Waals surface area contributed by atoms with Gasteiger partial charge in [0, 0.05) is 0 Å². The fourth-order valence-corrected chi connectivity index (χ4v) is 14.5. The molecule has 0 spiro atoms. The van der Waals surface area contributed by atoms with Crippen LogP contribution < -0.4 is 0 Å². The van der Waals surface area contributed by atoms with Gasteiger partial charge in [0.2, 0.25) is 0 Å². The molecule has 25 rings (SSSR count). The Morgan fingerprint density at radius 3 is 0.794 bits per heavy atom. The van der Waals surface area contributed by atoms with Crippen molar-refractivity contribution in [3.05, 3.63) is 495 Å². The van der Waals surface area contributed by atoms with Crippen LogP contribution in [0.25, 0.3) is 241 Å². The number of benzene rings is 25. The van der Waals surface area contributed by atoms with Crippen molar-refractivity contribution >= 4 is 129 Å². The summed E-state index contributed by atoms with van der Waals surface area (Å²) >= 11 is 0. The van der Waals surface area contributed by atoms with Gasteiger partial charge in [-0.3, -0.25) is 0 Å². The Kier molecular flexibility index (Phi) is 7.25. The van der Waals surface area contributed by atoms with Gasteiger partial charge in [-0.1, -0.05) is 465 Å². The minimum absolute atomic E-state index is 0.541. The van der Waals surface area contributed by atoms with Crippen LogP contribution in [0.2, 0.25) is 0 Å². The van der Waals surface area contributed by atoms with Gasteiger partial charge in [0.05, 0.1) is 112 Å². The number of rotatable bonds is 10. The fourth-order valence-electron chi connectivity index (χ4n) is 14.5. The second-order valence-electron chi connectivity index (χ2n) is 26.8. The van der Waals surface area contributed by atoms with Crippen LogP contribution in [0.5, 0.6) is 0 Å². The summed E-state index contributed by atoms with van der Waals surface area (Å²) in [5.74, 6) is 0. The molecule has 0 atom stereocenters. The molecule has 0 aliphatic heterocycles. The standard InChI is InChI=1S/C44H28.C42H28.C40H26/c1-2-13-30-26-34(25-24-29(30)12-1)44-40-22-9-7-20-38(40)43(39-21-8-10-23-41(39)44)33-16-11-15-31(27-33)42-28-32-14-3-4-17-35(32)36-18-5-6-19-37(36)42;1-2-12-29(13-3-1)31-22-25-32(26-23-31)35-16-6-7-17-36(35)42-39-20-10-8-18-37(39)41(38-19-9-11-21-40(38)42)34-27-24-30-14-4-5-15-33(30)28-34;1-2-12-31-26-32(25-20-27(31)10-1)40-37-17-7-5-15-35(37)39(36-16-6-8-18-38(36)40)30-23-21-29(22-24-30)34-19-9-13-28-11-3-4-14-33(28)34/h1-28H;1-28H;1-26H/i2*1D,2D,3D,4D,5D,6D,7D,8D,9D,10D,11D,12D,13D,14D,15D,16D,17D,18D,19D,20D,21D,22D,23D,24D,25D,26D,27D,28D;1D,2D,3D,4D,5D,6D,7D,8D,9D,10D,11D,12D,13D,14D,15D,16D,17D,18D,19D,20D,21D,22D,23D,24D,25D,26D. The lowest BCUT2D eigenvalue weighted by Crippen LogP contribution is -1.92. The second kappa shape index (κ2) is 32.2. The van der Waals surface area contributed by atoms with Crippen LogP contribution in [-0.4, -0.2) is 0 Å². The fraction of sp³-hybridized carbons (Fsp3) is 0. The van der Waals surface area contributed by atoms with Crippen molar-refractivity contribution < 1.29 is 112 Å². The quantitative estimate of drug-likeness (QED) is 0.0946. The van der Waals surface area contributed by atoms with Gasteiger partial charge in [0.1, 0.15) is 0 Å². The highest BCUT2D eigenvalue weighted by Crippen LogP contribution is 2.51. The molecule has 0 aliphatic rings. The van der Waals surface area contributed by atoms with Gasteiger partial charge in [-0.05, 0) is 271 Å². The molecule has 0 saturated heterocycles. The van der Waals surface area contributed by atoms with Crippen molar-refractivity contribution in [2.75, 3.05) is 0 Å². The van der Waals surface area contributed by atoms with E-state index in [1.165, 1.54) is 0 Å². The van der Waals surface area contributed by atoms with Crippen LogP contribution in [0.1, 0.15) is 112 Å². The molecule has 0 N–H and O–H groups in total. The van der Waals surface area contributed by atoms with Crippen molar-refractivity contribution in [3.8, 4) is 111 Å². The highest BCUT2D eigenvalue weighted by molar-refractivity contribution is 6.26. The maximum Gasteiger partial charge on any atom is 0.0636 e. The third-order valence-corrected chi connectivity index (χ3v) is 19.9. The maximum atomic E-state index is 9.96. The smallest absolute Gasteiger partial charge is 0.0622 e. The van der Waals surface area contributed by atoms with E-state index in [1.807, 2.05) is 0 Å².